The highest BCUT2D eigenvalue weighted by atomic mass is 35.5. The first-order chi connectivity index (χ1) is 20.0. The molecular weight excluding hydrogens is 586 g/mol. The molecule has 3 rings (SSSR count). The number of amides is 2. The Morgan fingerprint density at radius 1 is 0.857 bits per heavy atom. The van der Waals surface area contributed by atoms with E-state index in [4.69, 9.17) is 30.5 Å². The SMILES string of the molecule is CNC(=O)[C@H](C)N(Cc1ccc(Cl)cc1)C(=O)CN(c1cc(OC)ccc1OC)S(=O)(=O)c1ccc(OC)c(OC)c1. The van der Waals surface area contributed by atoms with Crippen molar-refractivity contribution in [3.63, 3.8) is 0 Å². The molecule has 0 saturated heterocycles. The van der Waals surface area contributed by atoms with Crippen LogP contribution in [0.5, 0.6) is 23.0 Å². The zero-order chi connectivity index (χ0) is 31.0. The molecule has 0 aliphatic carbocycles. The standard InChI is InChI=1S/C29H34ClN3O8S/c1-19(29(35)31-2)32(17-20-7-9-21(30)10-8-20)28(34)18-33(24-15-22(38-3)11-13-25(24)39-4)42(36,37)23-12-14-26(40-5)27(16-23)41-6/h7-16,19H,17-18H2,1-6H3,(H,31,35)/t19-/m0/s1. The van der Waals surface area contributed by atoms with Gasteiger partial charge in [-0.25, -0.2) is 8.42 Å². The van der Waals surface area contributed by atoms with Gasteiger partial charge in [-0.2, -0.15) is 0 Å². The maximum Gasteiger partial charge on any atom is 0.265 e. The van der Waals surface area contributed by atoms with Gasteiger partial charge in [-0.1, -0.05) is 23.7 Å². The Kier molecular flexibility index (Phi) is 10.9. The van der Waals surface area contributed by atoms with Crippen LogP contribution in [0.25, 0.3) is 0 Å². The second-order valence-corrected chi connectivity index (χ2v) is 11.3. The lowest BCUT2D eigenvalue weighted by Crippen LogP contribution is -2.50. The van der Waals surface area contributed by atoms with Crippen LogP contribution < -0.4 is 28.6 Å². The Bertz CT molecular complexity index is 1520. The zero-order valence-electron chi connectivity index (χ0n) is 24.2. The minimum Gasteiger partial charge on any atom is -0.497 e. The van der Waals surface area contributed by atoms with E-state index >= 15 is 0 Å². The predicted molar refractivity (Wildman–Crippen MR) is 159 cm³/mol. The Morgan fingerprint density at radius 2 is 1.48 bits per heavy atom. The maximum absolute atomic E-state index is 14.3. The monoisotopic (exact) mass is 619 g/mol. The summed E-state index contributed by atoms with van der Waals surface area (Å²) in [4.78, 5) is 27.8. The Balaban J connectivity index is 2.17. The minimum atomic E-state index is -4.43. The summed E-state index contributed by atoms with van der Waals surface area (Å²) in [5.41, 5.74) is 0.746. The van der Waals surface area contributed by atoms with Crippen LogP contribution in [0.2, 0.25) is 5.02 Å². The van der Waals surface area contributed by atoms with Gasteiger partial charge in [0.05, 0.1) is 39.0 Å². The van der Waals surface area contributed by atoms with Crippen LogP contribution >= 0.6 is 11.6 Å². The number of halogens is 1. The van der Waals surface area contributed by atoms with Crippen molar-refractivity contribution in [1.29, 1.82) is 0 Å². The van der Waals surface area contributed by atoms with Crippen molar-refractivity contribution in [1.82, 2.24) is 10.2 Å². The molecule has 1 atom stereocenters. The van der Waals surface area contributed by atoms with E-state index in [1.165, 1.54) is 70.7 Å². The van der Waals surface area contributed by atoms with E-state index in [0.29, 0.717) is 22.1 Å². The van der Waals surface area contributed by atoms with E-state index in [1.54, 1.807) is 37.3 Å². The molecule has 0 unspecified atom stereocenters. The van der Waals surface area contributed by atoms with Crippen molar-refractivity contribution >= 4 is 39.1 Å². The van der Waals surface area contributed by atoms with E-state index in [9.17, 15) is 18.0 Å². The summed E-state index contributed by atoms with van der Waals surface area (Å²) in [7, 11) is 2.66. The molecule has 0 spiro atoms. The Hall–Kier alpha value is -4.16. The number of likely N-dealkylation sites (N-methyl/N-ethyl adjacent to an activating group) is 1. The van der Waals surface area contributed by atoms with E-state index in [-0.39, 0.29) is 28.6 Å². The average Bonchev–Trinajstić information content (AvgIpc) is 3.01. The molecule has 0 radical (unpaired) electrons. The topological polar surface area (TPSA) is 124 Å². The van der Waals surface area contributed by atoms with Gasteiger partial charge in [0.25, 0.3) is 10.0 Å². The second kappa shape index (κ2) is 14.1. The molecule has 11 nitrogen and oxygen atoms in total. The smallest absolute Gasteiger partial charge is 0.265 e. The first-order valence-corrected chi connectivity index (χ1v) is 14.5. The number of carbonyl (C=O) groups is 2. The first-order valence-electron chi connectivity index (χ1n) is 12.7. The Labute approximate surface area is 250 Å². The van der Waals surface area contributed by atoms with Gasteiger partial charge in [0.15, 0.2) is 11.5 Å². The number of sulfonamides is 1. The van der Waals surface area contributed by atoms with E-state index in [1.807, 2.05) is 0 Å². The third-order valence-corrected chi connectivity index (χ3v) is 8.56. The largest absolute Gasteiger partial charge is 0.497 e. The van der Waals surface area contributed by atoms with Gasteiger partial charge in [0.2, 0.25) is 11.8 Å². The van der Waals surface area contributed by atoms with Gasteiger partial charge in [-0.15, -0.1) is 0 Å². The lowest BCUT2D eigenvalue weighted by atomic mass is 10.1. The number of hydrogen-bond acceptors (Lipinski definition) is 8. The van der Waals surface area contributed by atoms with Crippen LogP contribution in [0.1, 0.15) is 12.5 Å². The van der Waals surface area contributed by atoms with Gasteiger partial charge < -0.3 is 29.2 Å². The lowest BCUT2D eigenvalue weighted by Gasteiger charge is -2.32. The van der Waals surface area contributed by atoms with Crippen molar-refractivity contribution in [2.24, 2.45) is 0 Å². The third kappa shape index (κ3) is 7.18. The molecule has 226 valence electrons. The summed E-state index contributed by atoms with van der Waals surface area (Å²) in [6.07, 6.45) is 0. The van der Waals surface area contributed by atoms with Crippen LogP contribution in [-0.2, 0) is 26.2 Å². The van der Waals surface area contributed by atoms with Crippen LogP contribution in [0, 0.1) is 0 Å². The van der Waals surface area contributed by atoms with E-state index in [2.05, 4.69) is 5.32 Å². The second-order valence-electron chi connectivity index (χ2n) is 9.00. The van der Waals surface area contributed by atoms with Crippen LogP contribution in [-0.4, -0.2) is 73.2 Å². The molecule has 13 heteroatoms. The summed E-state index contributed by atoms with van der Waals surface area (Å²) < 4.78 is 50.8. The zero-order valence-corrected chi connectivity index (χ0v) is 25.8. The molecule has 0 aliphatic rings. The molecule has 2 amide bonds. The number of carbonyl (C=O) groups excluding carboxylic acids is 2. The molecule has 0 aromatic heterocycles. The van der Waals surface area contributed by atoms with Crippen LogP contribution in [0.3, 0.4) is 0 Å². The van der Waals surface area contributed by atoms with Crippen molar-refractivity contribution in [3.8, 4) is 23.0 Å². The highest BCUT2D eigenvalue weighted by Crippen LogP contribution is 2.37. The molecule has 42 heavy (non-hydrogen) atoms. The number of nitrogens with one attached hydrogen (secondary N) is 1. The minimum absolute atomic E-state index is 0.0179. The highest BCUT2D eigenvalue weighted by molar-refractivity contribution is 7.92. The predicted octanol–water partition coefficient (Wildman–Crippen LogP) is 3.73. The normalized spacial score (nSPS) is 11.7. The quantitative estimate of drug-likeness (QED) is 0.307. The number of methoxy groups -OCH3 is 4. The Morgan fingerprint density at radius 3 is 2.05 bits per heavy atom. The number of rotatable bonds is 13. The van der Waals surface area contributed by atoms with Crippen LogP contribution in [0.15, 0.2) is 65.6 Å². The summed E-state index contributed by atoms with van der Waals surface area (Å²) in [5.74, 6) is -0.0500. The average molecular weight is 620 g/mol. The van der Waals surface area contributed by atoms with Gasteiger partial charge in [-0.05, 0) is 48.9 Å². The number of nitrogens with zero attached hydrogens (tertiary/aromatic N) is 2. The molecule has 0 heterocycles. The molecule has 0 bridgehead atoms. The number of ether oxygens (including phenoxy) is 4. The fourth-order valence-corrected chi connectivity index (χ4v) is 5.75. The summed E-state index contributed by atoms with van der Waals surface area (Å²) in [6.45, 7) is 0.908. The molecular formula is C29H34ClN3O8S. The number of benzene rings is 3. The van der Waals surface area contributed by atoms with Crippen molar-refractivity contribution < 1.29 is 37.0 Å². The highest BCUT2D eigenvalue weighted by Gasteiger charge is 2.34. The van der Waals surface area contributed by atoms with Crippen molar-refractivity contribution in [2.75, 3.05) is 46.3 Å². The third-order valence-electron chi connectivity index (χ3n) is 6.56. The molecule has 0 saturated carbocycles. The van der Waals surface area contributed by atoms with Gasteiger partial charge in [0.1, 0.15) is 24.1 Å². The summed E-state index contributed by atoms with van der Waals surface area (Å²) >= 11 is 6.03. The van der Waals surface area contributed by atoms with Gasteiger partial charge in [0, 0.05) is 30.7 Å². The van der Waals surface area contributed by atoms with E-state index in [0.717, 1.165) is 4.31 Å². The van der Waals surface area contributed by atoms with Crippen LogP contribution in [0.4, 0.5) is 5.69 Å². The molecule has 1 N–H and O–H groups in total. The molecule has 0 aliphatic heterocycles. The van der Waals surface area contributed by atoms with E-state index < -0.39 is 34.4 Å². The fourth-order valence-electron chi connectivity index (χ4n) is 4.19. The summed E-state index contributed by atoms with van der Waals surface area (Å²) in [6, 6.07) is 14.5. The molecule has 0 fully saturated rings. The maximum atomic E-state index is 14.3. The van der Waals surface area contributed by atoms with Gasteiger partial charge >= 0.3 is 0 Å². The molecule has 3 aromatic carbocycles. The number of anilines is 1. The van der Waals surface area contributed by atoms with Crippen molar-refractivity contribution in [3.05, 3.63) is 71.2 Å². The summed E-state index contributed by atoms with van der Waals surface area (Å²) in [5, 5.41) is 3.05. The lowest BCUT2D eigenvalue weighted by molar-refractivity contribution is -0.139. The fraction of sp³-hybridized carbons (Fsp3) is 0.310. The van der Waals surface area contributed by atoms with Crippen molar-refractivity contribution in [2.45, 2.75) is 24.4 Å². The molecule has 3 aromatic rings. The van der Waals surface area contributed by atoms with Gasteiger partial charge in [-0.3, -0.25) is 13.9 Å². The number of hydrogen-bond donors (Lipinski definition) is 1. The first kappa shape index (κ1) is 32.4.